The Bertz CT molecular complexity index is 610. The third kappa shape index (κ3) is 1.96. The quantitative estimate of drug-likeness (QED) is 0.562. The van der Waals surface area contributed by atoms with Crippen LogP contribution in [0.4, 0.5) is 0 Å². The second-order valence-corrected chi connectivity index (χ2v) is 14.5. The first-order valence-electron chi connectivity index (χ1n) is 13.7. The van der Waals surface area contributed by atoms with Gasteiger partial charge in [0.1, 0.15) is 0 Å². The summed E-state index contributed by atoms with van der Waals surface area (Å²) in [6.45, 7) is 0. The summed E-state index contributed by atoms with van der Waals surface area (Å²) >= 11 is 0. The van der Waals surface area contributed by atoms with Crippen molar-refractivity contribution in [2.75, 3.05) is 0 Å². The summed E-state index contributed by atoms with van der Waals surface area (Å²) in [6, 6.07) is 0. The van der Waals surface area contributed by atoms with Crippen LogP contribution in [-0.2, 0) is 0 Å². The van der Waals surface area contributed by atoms with E-state index in [9.17, 15) is 5.11 Å². The molecule has 0 aromatic carbocycles. The zero-order chi connectivity index (χ0) is 19.1. The first-order chi connectivity index (χ1) is 14.0. The number of aliphatic hydroxyl groups is 1. The summed E-state index contributed by atoms with van der Waals surface area (Å²) in [6.07, 6.45) is 24.7. The summed E-state index contributed by atoms with van der Waals surface area (Å²) in [4.78, 5) is 0. The molecule has 0 amide bonds. The Hall–Kier alpha value is -0.0400. The summed E-state index contributed by atoms with van der Waals surface area (Å²) in [7, 11) is 0. The monoisotopic (exact) mass is 394 g/mol. The molecule has 0 aliphatic heterocycles. The molecule has 1 N–H and O–H groups in total. The molecule has 10 aliphatic rings. The van der Waals surface area contributed by atoms with Crippen molar-refractivity contribution < 1.29 is 5.11 Å². The second kappa shape index (κ2) is 5.29. The normalized spacial score (nSPS) is 63.4. The van der Waals surface area contributed by atoms with Crippen LogP contribution < -0.4 is 0 Å². The van der Waals surface area contributed by atoms with Crippen LogP contribution in [0.1, 0.15) is 109 Å². The highest BCUT2D eigenvalue weighted by atomic mass is 16.3. The third-order valence-electron chi connectivity index (χ3n) is 13.1. The van der Waals surface area contributed by atoms with Crippen molar-refractivity contribution in [2.45, 2.75) is 115 Å². The SMILES string of the molecule is OC(C12CCC(CC1)C2)(C12CC3CC(CC(C3)C1)C2)C12CC3CC(CC(C3)C1)C2. The Kier molecular flexibility index (Phi) is 3.20. The molecule has 0 spiro atoms. The number of hydrogen-bond acceptors (Lipinski definition) is 1. The van der Waals surface area contributed by atoms with E-state index in [1.807, 2.05) is 0 Å². The second-order valence-electron chi connectivity index (χ2n) is 14.5. The van der Waals surface area contributed by atoms with E-state index in [0.29, 0.717) is 16.2 Å². The van der Waals surface area contributed by atoms with Crippen LogP contribution in [0.3, 0.4) is 0 Å². The molecule has 1 heteroatoms. The first kappa shape index (κ1) is 17.5. The lowest BCUT2D eigenvalue weighted by molar-refractivity contribution is -0.315. The van der Waals surface area contributed by atoms with Crippen LogP contribution in [0.25, 0.3) is 0 Å². The average molecular weight is 395 g/mol. The standard InChI is InChI=1S/C28H42O/c29-28(25-3-1-18(11-25)2-4-25,26-12-19-5-20(13-26)7-21(6-19)14-26)27-15-22-8-23(16-27)10-24(9-22)17-27/h18-24,29H,1-17H2. The van der Waals surface area contributed by atoms with E-state index in [1.54, 1.807) is 0 Å². The molecule has 10 bridgehead atoms. The number of fused-ring (bicyclic) bond motifs is 2. The summed E-state index contributed by atoms with van der Waals surface area (Å²) in [5.74, 6) is 6.78. The topological polar surface area (TPSA) is 20.2 Å². The molecule has 1 nitrogen and oxygen atoms in total. The van der Waals surface area contributed by atoms with Crippen molar-refractivity contribution in [3.63, 3.8) is 0 Å². The van der Waals surface area contributed by atoms with Gasteiger partial charge in [0, 0.05) is 16.2 Å². The van der Waals surface area contributed by atoms with Crippen molar-refractivity contribution >= 4 is 0 Å². The average Bonchev–Trinajstić information content (AvgIpc) is 3.27. The van der Waals surface area contributed by atoms with Crippen molar-refractivity contribution in [1.82, 2.24) is 0 Å². The van der Waals surface area contributed by atoms with Gasteiger partial charge in [-0.15, -0.1) is 0 Å². The van der Waals surface area contributed by atoms with Crippen LogP contribution in [-0.4, -0.2) is 10.7 Å². The van der Waals surface area contributed by atoms with E-state index < -0.39 is 0 Å². The van der Waals surface area contributed by atoms with Gasteiger partial charge in [-0.1, -0.05) is 0 Å². The fourth-order valence-electron chi connectivity index (χ4n) is 13.5. The molecule has 160 valence electrons. The van der Waals surface area contributed by atoms with Gasteiger partial charge in [-0.3, -0.25) is 0 Å². The maximum Gasteiger partial charge on any atom is 0.0816 e. The van der Waals surface area contributed by atoms with Gasteiger partial charge in [0.25, 0.3) is 0 Å². The maximum atomic E-state index is 13.7. The Morgan fingerprint density at radius 3 is 1.03 bits per heavy atom. The Morgan fingerprint density at radius 1 is 0.448 bits per heavy atom. The first-order valence-corrected chi connectivity index (χ1v) is 13.7. The molecule has 0 saturated heterocycles. The Labute approximate surface area is 177 Å². The third-order valence-corrected chi connectivity index (χ3v) is 13.1. The molecule has 29 heavy (non-hydrogen) atoms. The summed E-state index contributed by atoms with van der Waals surface area (Å²) < 4.78 is 0. The minimum Gasteiger partial charge on any atom is -0.388 e. The smallest absolute Gasteiger partial charge is 0.0816 e. The molecule has 10 fully saturated rings. The van der Waals surface area contributed by atoms with E-state index in [-0.39, 0.29) is 5.60 Å². The van der Waals surface area contributed by atoms with Crippen LogP contribution >= 0.6 is 0 Å². The highest BCUT2D eigenvalue weighted by Gasteiger charge is 2.76. The van der Waals surface area contributed by atoms with Gasteiger partial charge < -0.3 is 5.11 Å². The Balaban J connectivity index is 1.33. The molecule has 0 aromatic heterocycles. The van der Waals surface area contributed by atoms with Crippen LogP contribution in [0, 0.1) is 57.7 Å². The molecule has 0 atom stereocenters. The highest BCUT2D eigenvalue weighted by Crippen LogP contribution is 2.79. The fourth-order valence-corrected chi connectivity index (χ4v) is 13.5. The molecule has 0 unspecified atom stereocenters. The lowest BCUT2D eigenvalue weighted by atomic mass is 9.32. The van der Waals surface area contributed by atoms with E-state index in [2.05, 4.69) is 0 Å². The van der Waals surface area contributed by atoms with Gasteiger partial charge in [-0.25, -0.2) is 0 Å². The van der Waals surface area contributed by atoms with E-state index in [4.69, 9.17) is 0 Å². The molecule has 0 heterocycles. The molecule has 10 aliphatic carbocycles. The van der Waals surface area contributed by atoms with Gasteiger partial charge in [0.2, 0.25) is 0 Å². The highest BCUT2D eigenvalue weighted by molar-refractivity contribution is 5.26. The van der Waals surface area contributed by atoms with Gasteiger partial charge in [-0.2, -0.15) is 0 Å². The van der Waals surface area contributed by atoms with Crippen LogP contribution in [0.5, 0.6) is 0 Å². The predicted octanol–water partition coefficient (Wildman–Crippen LogP) is 6.73. The summed E-state index contributed by atoms with van der Waals surface area (Å²) in [5, 5.41) is 13.7. The van der Waals surface area contributed by atoms with E-state index in [0.717, 1.165) is 41.4 Å². The number of hydrogen-bond donors (Lipinski definition) is 1. The minimum atomic E-state index is -0.315. The molecule has 0 radical (unpaired) electrons. The Morgan fingerprint density at radius 2 is 0.759 bits per heavy atom. The predicted molar refractivity (Wildman–Crippen MR) is 115 cm³/mol. The maximum absolute atomic E-state index is 13.7. The van der Waals surface area contributed by atoms with Crippen molar-refractivity contribution in [1.29, 1.82) is 0 Å². The zero-order valence-electron chi connectivity index (χ0n) is 18.5. The minimum absolute atomic E-state index is 0.312. The largest absolute Gasteiger partial charge is 0.388 e. The van der Waals surface area contributed by atoms with Gasteiger partial charge in [0.15, 0.2) is 0 Å². The van der Waals surface area contributed by atoms with Crippen LogP contribution in [0.15, 0.2) is 0 Å². The molecule has 10 rings (SSSR count). The van der Waals surface area contributed by atoms with Crippen molar-refractivity contribution in [3.05, 3.63) is 0 Å². The van der Waals surface area contributed by atoms with E-state index in [1.165, 1.54) is 109 Å². The van der Waals surface area contributed by atoms with Crippen molar-refractivity contribution in [2.24, 2.45) is 57.7 Å². The summed E-state index contributed by atoms with van der Waals surface area (Å²) in [5.41, 5.74) is 0.624. The molecule has 10 saturated carbocycles. The van der Waals surface area contributed by atoms with Gasteiger partial charge in [0.05, 0.1) is 5.60 Å². The lowest BCUT2D eigenvalue weighted by Crippen LogP contribution is -2.74. The van der Waals surface area contributed by atoms with Crippen LogP contribution in [0.2, 0.25) is 0 Å². The molecule has 0 aromatic rings. The van der Waals surface area contributed by atoms with E-state index >= 15 is 0 Å². The number of rotatable bonds is 3. The van der Waals surface area contributed by atoms with Gasteiger partial charge >= 0.3 is 0 Å². The lowest BCUT2D eigenvalue weighted by Gasteiger charge is -2.74. The van der Waals surface area contributed by atoms with Crippen molar-refractivity contribution in [3.8, 4) is 0 Å². The molecular formula is C28H42O. The fraction of sp³-hybridized carbons (Fsp3) is 1.00. The zero-order valence-corrected chi connectivity index (χ0v) is 18.5. The molecular weight excluding hydrogens is 352 g/mol. The van der Waals surface area contributed by atoms with Gasteiger partial charge in [-0.05, 0) is 151 Å².